The number of rotatable bonds is 5. The van der Waals surface area contributed by atoms with Crippen molar-refractivity contribution >= 4 is 35.0 Å². The van der Waals surface area contributed by atoms with Gasteiger partial charge in [-0.05, 0) is 12.0 Å². The minimum Gasteiger partial charge on any atom is -0.330 e. The number of thioether (sulfide) groups is 1. The lowest BCUT2D eigenvalue weighted by Crippen LogP contribution is -2.08. The molecule has 0 amide bonds. The summed E-state index contributed by atoms with van der Waals surface area (Å²) in [6.45, 7) is 0.693. The molecule has 1 aromatic carbocycles. The van der Waals surface area contributed by atoms with Gasteiger partial charge < -0.3 is 5.73 Å². The number of benzene rings is 1. The molecule has 0 heterocycles. The minimum absolute atomic E-state index is 0.356. The summed E-state index contributed by atoms with van der Waals surface area (Å²) in [5.41, 5.74) is 6.86. The molecule has 0 aromatic heterocycles. The fraction of sp³-hybridized carbons (Fsp3) is 0.500. The Labute approximate surface area is 111 Å². The maximum Gasteiger partial charge on any atom is 0.123 e. The van der Waals surface area contributed by atoms with Crippen molar-refractivity contribution in [2.45, 2.75) is 16.0 Å². The first-order valence-electron chi connectivity index (χ1n) is 5.39. The molecule has 2 N–H and O–H groups in total. The van der Waals surface area contributed by atoms with Gasteiger partial charge in [0.1, 0.15) is 4.33 Å². The highest BCUT2D eigenvalue weighted by molar-refractivity contribution is 7.99. The average molecular weight is 276 g/mol. The van der Waals surface area contributed by atoms with E-state index < -0.39 is 4.33 Å². The van der Waals surface area contributed by atoms with E-state index in [1.165, 1.54) is 5.56 Å². The fourth-order valence-corrected chi connectivity index (χ4v) is 3.88. The second kappa shape index (κ2) is 5.18. The molecule has 1 aromatic rings. The molecule has 1 aliphatic rings. The van der Waals surface area contributed by atoms with Crippen LogP contribution in [0.3, 0.4) is 0 Å². The molecular weight excluding hydrogens is 261 g/mol. The Hall–Kier alpha value is 0.110. The lowest BCUT2D eigenvalue weighted by Gasteiger charge is -2.17. The lowest BCUT2D eigenvalue weighted by atomic mass is 10.1. The van der Waals surface area contributed by atoms with Crippen LogP contribution in [0, 0.1) is 5.92 Å². The van der Waals surface area contributed by atoms with E-state index in [-0.39, 0.29) is 0 Å². The predicted octanol–water partition coefficient (Wildman–Crippen LogP) is 3.61. The van der Waals surface area contributed by atoms with Crippen LogP contribution in [-0.4, -0.2) is 16.6 Å². The smallest absolute Gasteiger partial charge is 0.123 e. The Kier molecular flexibility index (Phi) is 4.06. The number of nitrogens with two attached hydrogens (primary N) is 1. The minimum atomic E-state index is -0.526. The molecule has 0 aliphatic heterocycles. The Balaban J connectivity index is 2.10. The molecule has 88 valence electrons. The Morgan fingerprint density at radius 1 is 1.38 bits per heavy atom. The van der Waals surface area contributed by atoms with Crippen molar-refractivity contribution in [2.75, 3.05) is 12.3 Å². The third-order valence-corrected chi connectivity index (χ3v) is 5.08. The predicted molar refractivity (Wildman–Crippen MR) is 73.2 cm³/mol. The number of halogens is 2. The van der Waals surface area contributed by atoms with Crippen LogP contribution in [0.5, 0.6) is 0 Å². The van der Waals surface area contributed by atoms with Crippen molar-refractivity contribution in [3.63, 3.8) is 0 Å². The zero-order chi connectivity index (χ0) is 11.6. The van der Waals surface area contributed by atoms with Crippen molar-refractivity contribution in [3.8, 4) is 0 Å². The van der Waals surface area contributed by atoms with Gasteiger partial charge in [-0.25, -0.2) is 0 Å². The molecule has 2 atom stereocenters. The normalized spacial score (nSPS) is 24.1. The van der Waals surface area contributed by atoms with Gasteiger partial charge in [-0.15, -0.1) is 23.2 Å². The van der Waals surface area contributed by atoms with Crippen LogP contribution < -0.4 is 5.73 Å². The van der Waals surface area contributed by atoms with Gasteiger partial charge in [0, 0.05) is 23.5 Å². The van der Waals surface area contributed by atoms with Crippen LogP contribution in [0.4, 0.5) is 0 Å². The summed E-state index contributed by atoms with van der Waals surface area (Å²) in [7, 11) is 0. The van der Waals surface area contributed by atoms with E-state index in [2.05, 4.69) is 24.3 Å². The highest BCUT2D eigenvalue weighted by Crippen LogP contribution is 2.62. The summed E-state index contributed by atoms with van der Waals surface area (Å²) >= 11 is 14.2. The first kappa shape index (κ1) is 12.6. The maximum absolute atomic E-state index is 6.15. The van der Waals surface area contributed by atoms with Gasteiger partial charge in [0.25, 0.3) is 0 Å². The summed E-state index contributed by atoms with van der Waals surface area (Å²) in [5.74, 6) is 1.30. The van der Waals surface area contributed by atoms with E-state index in [1.807, 2.05) is 17.8 Å². The molecule has 16 heavy (non-hydrogen) atoms. The highest BCUT2D eigenvalue weighted by atomic mass is 35.5. The van der Waals surface area contributed by atoms with Crippen LogP contribution in [0.15, 0.2) is 30.3 Å². The third kappa shape index (κ3) is 2.86. The molecule has 2 unspecified atom stereocenters. The fourth-order valence-electron chi connectivity index (χ4n) is 1.85. The quantitative estimate of drug-likeness (QED) is 0.831. The summed E-state index contributed by atoms with van der Waals surface area (Å²) in [6, 6.07) is 10.4. The van der Waals surface area contributed by atoms with Crippen molar-refractivity contribution < 1.29 is 0 Å². The van der Waals surface area contributed by atoms with Gasteiger partial charge >= 0.3 is 0 Å². The van der Waals surface area contributed by atoms with Crippen molar-refractivity contribution in [1.82, 2.24) is 0 Å². The molecule has 1 nitrogen and oxygen atoms in total. The topological polar surface area (TPSA) is 26.0 Å². The van der Waals surface area contributed by atoms with E-state index in [4.69, 9.17) is 28.9 Å². The summed E-state index contributed by atoms with van der Waals surface area (Å²) in [6.07, 6.45) is 0.882. The SMILES string of the molecule is NCCSC(c1ccccc1)C1CC1(Cl)Cl. The average Bonchev–Trinajstić information content (AvgIpc) is 2.90. The van der Waals surface area contributed by atoms with Crippen LogP contribution in [0.2, 0.25) is 0 Å². The maximum atomic E-state index is 6.15. The molecule has 0 radical (unpaired) electrons. The molecule has 1 saturated carbocycles. The number of alkyl halides is 2. The number of hydrogen-bond donors (Lipinski definition) is 1. The standard InChI is InChI=1S/C12H15Cl2NS/c13-12(14)8-10(12)11(16-7-6-15)9-4-2-1-3-5-9/h1-5,10-11H,6-8,15H2. The van der Waals surface area contributed by atoms with E-state index >= 15 is 0 Å². The Morgan fingerprint density at radius 3 is 2.50 bits per heavy atom. The molecule has 0 spiro atoms. The van der Waals surface area contributed by atoms with E-state index in [9.17, 15) is 0 Å². The van der Waals surface area contributed by atoms with Crippen LogP contribution in [-0.2, 0) is 0 Å². The Morgan fingerprint density at radius 2 is 2.00 bits per heavy atom. The van der Waals surface area contributed by atoms with Crippen molar-refractivity contribution in [2.24, 2.45) is 11.7 Å². The molecule has 0 saturated heterocycles. The van der Waals surface area contributed by atoms with Gasteiger partial charge in [0.15, 0.2) is 0 Å². The third-order valence-electron chi connectivity index (χ3n) is 2.78. The van der Waals surface area contributed by atoms with E-state index in [0.29, 0.717) is 17.7 Å². The monoisotopic (exact) mass is 275 g/mol. The molecule has 1 aliphatic carbocycles. The molecule has 0 bridgehead atoms. The van der Waals surface area contributed by atoms with Crippen LogP contribution in [0.1, 0.15) is 17.2 Å². The second-order valence-corrected chi connectivity index (χ2v) is 6.85. The van der Waals surface area contributed by atoms with Gasteiger partial charge in [-0.1, -0.05) is 30.3 Å². The van der Waals surface area contributed by atoms with Crippen molar-refractivity contribution in [1.29, 1.82) is 0 Å². The molecule has 4 heteroatoms. The first-order valence-corrected chi connectivity index (χ1v) is 7.20. The molecular formula is C12H15Cl2NS. The zero-order valence-corrected chi connectivity index (χ0v) is 11.2. The van der Waals surface area contributed by atoms with Gasteiger partial charge in [0.2, 0.25) is 0 Å². The van der Waals surface area contributed by atoms with Gasteiger partial charge in [0.05, 0.1) is 0 Å². The molecule has 2 rings (SSSR count). The lowest BCUT2D eigenvalue weighted by molar-refractivity contribution is 0.796. The largest absolute Gasteiger partial charge is 0.330 e. The van der Waals surface area contributed by atoms with Crippen LogP contribution in [0.25, 0.3) is 0 Å². The first-order chi connectivity index (χ1) is 7.65. The van der Waals surface area contributed by atoms with Crippen LogP contribution >= 0.6 is 35.0 Å². The number of hydrogen-bond acceptors (Lipinski definition) is 2. The molecule has 1 fully saturated rings. The highest BCUT2D eigenvalue weighted by Gasteiger charge is 2.55. The summed E-state index contributed by atoms with van der Waals surface area (Å²) < 4.78 is -0.526. The second-order valence-electron chi connectivity index (χ2n) is 4.06. The van der Waals surface area contributed by atoms with E-state index in [0.717, 1.165) is 12.2 Å². The summed E-state index contributed by atoms with van der Waals surface area (Å²) in [4.78, 5) is 0. The Bertz CT molecular complexity index is 342. The van der Waals surface area contributed by atoms with Crippen molar-refractivity contribution in [3.05, 3.63) is 35.9 Å². The van der Waals surface area contributed by atoms with E-state index in [1.54, 1.807) is 0 Å². The summed E-state index contributed by atoms with van der Waals surface area (Å²) in [5, 5.41) is 0.375. The van der Waals surface area contributed by atoms with Gasteiger partial charge in [-0.3, -0.25) is 0 Å². The zero-order valence-electron chi connectivity index (χ0n) is 8.90. The van der Waals surface area contributed by atoms with Gasteiger partial charge in [-0.2, -0.15) is 11.8 Å².